The number of carbonyl (C=O) groups is 1. The fraction of sp³-hybridized carbons (Fsp3) is 0.417. The first-order chi connectivity index (χ1) is 8.65. The van der Waals surface area contributed by atoms with E-state index in [0.717, 1.165) is 12.1 Å². The maximum absolute atomic E-state index is 12.3. The quantitative estimate of drug-likeness (QED) is 0.841. The minimum absolute atomic E-state index is 0.105. The van der Waals surface area contributed by atoms with Gasteiger partial charge in [-0.05, 0) is 13.3 Å². The van der Waals surface area contributed by atoms with Gasteiger partial charge in [0.25, 0.3) is 11.5 Å². The first-order valence-electron chi connectivity index (χ1n) is 6.08. The maximum Gasteiger partial charge on any atom is 0.280 e. The van der Waals surface area contributed by atoms with Gasteiger partial charge in [0.2, 0.25) is 0 Å². The van der Waals surface area contributed by atoms with Crippen LogP contribution < -0.4 is 5.56 Å². The molecule has 3 heterocycles. The molecule has 94 valence electrons. The number of aromatic nitrogens is 3. The van der Waals surface area contributed by atoms with Crippen LogP contribution in [0.15, 0.2) is 10.9 Å². The molecule has 0 spiro atoms. The van der Waals surface area contributed by atoms with Gasteiger partial charge in [-0.25, -0.2) is 0 Å². The number of nitrogens with zero attached hydrogens (tertiary/aromatic N) is 3. The smallest absolute Gasteiger partial charge is 0.280 e. The van der Waals surface area contributed by atoms with E-state index in [-0.39, 0.29) is 11.5 Å². The second-order valence-electron chi connectivity index (χ2n) is 4.39. The number of fused-ring (bicyclic) bond motifs is 2. The van der Waals surface area contributed by atoms with Gasteiger partial charge < -0.3 is 9.88 Å². The van der Waals surface area contributed by atoms with Gasteiger partial charge in [-0.1, -0.05) is 6.92 Å². The van der Waals surface area contributed by atoms with Crippen LogP contribution in [0.1, 0.15) is 35.6 Å². The van der Waals surface area contributed by atoms with Crippen molar-refractivity contribution in [1.29, 1.82) is 0 Å². The Labute approximate surface area is 103 Å². The molecule has 1 aliphatic rings. The predicted molar refractivity (Wildman–Crippen MR) is 65.6 cm³/mol. The summed E-state index contributed by atoms with van der Waals surface area (Å²) in [5.41, 5.74) is 2.16. The van der Waals surface area contributed by atoms with E-state index in [2.05, 4.69) is 10.1 Å². The van der Waals surface area contributed by atoms with E-state index in [1.807, 2.05) is 19.9 Å². The minimum Gasteiger partial charge on any atom is -0.335 e. The molecule has 2 aromatic rings. The lowest BCUT2D eigenvalue weighted by molar-refractivity contribution is 0.0783. The molecule has 0 bridgehead atoms. The molecule has 3 rings (SSSR count). The van der Waals surface area contributed by atoms with Crippen LogP contribution in [0.4, 0.5) is 0 Å². The second kappa shape index (κ2) is 3.69. The normalized spacial score (nSPS) is 14.6. The van der Waals surface area contributed by atoms with E-state index < -0.39 is 0 Å². The highest BCUT2D eigenvalue weighted by atomic mass is 16.2. The van der Waals surface area contributed by atoms with Gasteiger partial charge in [0.1, 0.15) is 11.3 Å². The average molecular weight is 246 g/mol. The van der Waals surface area contributed by atoms with Gasteiger partial charge in [-0.2, -0.15) is 9.61 Å². The summed E-state index contributed by atoms with van der Waals surface area (Å²) in [5, 5.41) is 4.23. The van der Waals surface area contributed by atoms with Crippen LogP contribution in [0.25, 0.3) is 5.65 Å². The monoisotopic (exact) mass is 246 g/mol. The van der Waals surface area contributed by atoms with Crippen molar-refractivity contribution in [2.45, 2.75) is 26.8 Å². The van der Waals surface area contributed by atoms with Gasteiger partial charge in [0, 0.05) is 12.6 Å². The SMILES string of the molecule is CCc1cc2[nH]c3c(c(=O)n2n1)CN(CC)C3=O. The maximum atomic E-state index is 12.3. The summed E-state index contributed by atoms with van der Waals surface area (Å²) in [6, 6.07) is 1.81. The molecule has 0 aromatic carbocycles. The number of nitrogens with one attached hydrogen (secondary N) is 1. The summed E-state index contributed by atoms with van der Waals surface area (Å²) in [7, 11) is 0. The van der Waals surface area contributed by atoms with Crippen LogP contribution in [-0.2, 0) is 13.0 Å². The molecule has 6 nitrogen and oxygen atoms in total. The highest BCUT2D eigenvalue weighted by molar-refractivity contribution is 5.96. The van der Waals surface area contributed by atoms with E-state index in [9.17, 15) is 9.59 Å². The molecule has 0 atom stereocenters. The second-order valence-corrected chi connectivity index (χ2v) is 4.39. The van der Waals surface area contributed by atoms with Gasteiger partial charge in [0.05, 0.1) is 17.8 Å². The third kappa shape index (κ3) is 1.32. The van der Waals surface area contributed by atoms with Crippen LogP contribution in [0.5, 0.6) is 0 Å². The lowest BCUT2D eigenvalue weighted by atomic mass is 10.2. The van der Waals surface area contributed by atoms with Crippen LogP contribution in [-0.4, -0.2) is 31.9 Å². The van der Waals surface area contributed by atoms with Crippen molar-refractivity contribution in [3.8, 4) is 0 Å². The summed E-state index contributed by atoms with van der Waals surface area (Å²) in [6.45, 7) is 4.85. The van der Waals surface area contributed by atoms with E-state index in [1.165, 1.54) is 4.52 Å². The van der Waals surface area contributed by atoms with Crippen molar-refractivity contribution in [3.63, 3.8) is 0 Å². The summed E-state index contributed by atoms with van der Waals surface area (Å²) in [5.74, 6) is -0.105. The van der Waals surface area contributed by atoms with Crippen molar-refractivity contribution in [2.75, 3.05) is 6.54 Å². The molecular formula is C12H14N4O2. The highest BCUT2D eigenvalue weighted by Gasteiger charge is 2.30. The first-order valence-corrected chi connectivity index (χ1v) is 6.08. The fourth-order valence-electron chi connectivity index (χ4n) is 2.29. The first kappa shape index (κ1) is 11.0. The zero-order valence-corrected chi connectivity index (χ0v) is 10.4. The largest absolute Gasteiger partial charge is 0.335 e. The van der Waals surface area contributed by atoms with E-state index in [4.69, 9.17) is 0 Å². The number of amides is 1. The van der Waals surface area contributed by atoms with Crippen LogP contribution in [0.2, 0.25) is 0 Å². The van der Waals surface area contributed by atoms with Gasteiger partial charge in [-0.3, -0.25) is 9.59 Å². The number of hydrogen-bond acceptors (Lipinski definition) is 3. The molecule has 0 saturated carbocycles. The van der Waals surface area contributed by atoms with Crippen molar-refractivity contribution in [3.05, 3.63) is 33.4 Å². The number of aromatic amines is 1. The molecule has 0 unspecified atom stereocenters. The Balaban J connectivity index is 2.27. The molecular weight excluding hydrogens is 232 g/mol. The summed E-state index contributed by atoms with van der Waals surface area (Å²) in [4.78, 5) is 29.0. The third-order valence-corrected chi connectivity index (χ3v) is 3.36. The molecule has 0 aliphatic carbocycles. The van der Waals surface area contributed by atoms with E-state index in [0.29, 0.717) is 30.0 Å². The van der Waals surface area contributed by atoms with Gasteiger partial charge >= 0.3 is 0 Å². The summed E-state index contributed by atoms with van der Waals surface area (Å²) >= 11 is 0. The average Bonchev–Trinajstić information content (AvgIpc) is 2.92. The minimum atomic E-state index is -0.192. The lowest BCUT2D eigenvalue weighted by Gasteiger charge is -2.10. The molecule has 1 aliphatic heterocycles. The third-order valence-electron chi connectivity index (χ3n) is 3.36. The van der Waals surface area contributed by atoms with Crippen LogP contribution >= 0.6 is 0 Å². The van der Waals surface area contributed by atoms with Crippen molar-refractivity contribution >= 4 is 11.6 Å². The zero-order valence-electron chi connectivity index (χ0n) is 10.4. The highest BCUT2D eigenvalue weighted by Crippen LogP contribution is 2.18. The Morgan fingerprint density at radius 1 is 1.39 bits per heavy atom. The Morgan fingerprint density at radius 2 is 2.17 bits per heavy atom. The van der Waals surface area contributed by atoms with E-state index in [1.54, 1.807) is 4.90 Å². The van der Waals surface area contributed by atoms with E-state index >= 15 is 0 Å². The fourth-order valence-corrected chi connectivity index (χ4v) is 2.29. The van der Waals surface area contributed by atoms with Crippen molar-refractivity contribution < 1.29 is 4.79 Å². The number of hydrogen-bond donors (Lipinski definition) is 1. The number of aryl methyl sites for hydroxylation is 1. The van der Waals surface area contributed by atoms with Crippen LogP contribution in [0.3, 0.4) is 0 Å². The zero-order chi connectivity index (χ0) is 12.9. The number of carbonyl (C=O) groups excluding carboxylic acids is 1. The lowest BCUT2D eigenvalue weighted by Crippen LogP contribution is -2.23. The molecule has 1 N–H and O–H groups in total. The molecule has 0 saturated heterocycles. The molecule has 6 heteroatoms. The van der Waals surface area contributed by atoms with Crippen molar-refractivity contribution in [2.24, 2.45) is 0 Å². The molecule has 0 radical (unpaired) electrons. The Morgan fingerprint density at radius 3 is 2.83 bits per heavy atom. The van der Waals surface area contributed by atoms with Gasteiger partial charge in [0.15, 0.2) is 0 Å². The Hall–Kier alpha value is -2.11. The summed E-state index contributed by atoms with van der Waals surface area (Å²) < 4.78 is 1.35. The molecule has 0 fully saturated rings. The Kier molecular flexibility index (Phi) is 2.26. The van der Waals surface area contributed by atoms with Crippen molar-refractivity contribution in [1.82, 2.24) is 19.5 Å². The topological polar surface area (TPSA) is 70.5 Å². The Bertz CT molecular complexity index is 698. The molecule has 1 amide bonds. The van der Waals surface area contributed by atoms with Crippen LogP contribution in [0, 0.1) is 0 Å². The predicted octanol–water partition coefficient (Wildman–Crippen LogP) is 0.561. The molecule has 18 heavy (non-hydrogen) atoms. The number of rotatable bonds is 2. The number of H-pyrrole nitrogens is 1. The standard InChI is InChI=1S/C12H14N4O2/c1-3-7-5-9-13-10-8(11(17)16(9)14-7)6-15(4-2)12(10)18/h5,13H,3-4,6H2,1-2H3. The summed E-state index contributed by atoms with van der Waals surface area (Å²) in [6.07, 6.45) is 0.759. The van der Waals surface area contributed by atoms with Gasteiger partial charge in [-0.15, -0.1) is 0 Å². The molecule has 2 aromatic heterocycles.